The van der Waals surface area contributed by atoms with Crippen molar-refractivity contribution in [2.24, 2.45) is 29.6 Å². The highest BCUT2D eigenvalue weighted by molar-refractivity contribution is 6.32. The van der Waals surface area contributed by atoms with Crippen LogP contribution >= 0.6 is 11.6 Å². The zero-order chi connectivity index (χ0) is 36.3. The summed E-state index contributed by atoms with van der Waals surface area (Å²) >= 11 is 6.42. The molecule has 10 heteroatoms. The molecule has 9 nitrogen and oxygen atoms in total. The Morgan fingerprint density at radius 1 is 0.846 bits per heavy atom. The molecule has 2 heterocycles. The summed E-state index contributed by atoms with van der Waals surface area (Å²) in [4.78, 5) is 61.6. The zero-order valence-electron chi connectivity index (χ0n) is 29.2. The van der Waals surface area contributed by atoms with Crippen molar-refractivity contribution >= 4 is 47.0 Å². The number of allylic oxidation sites excluding steroid dienone is 3. The number of methoxy groups -OCH3 is 2. The van der Waals surface area contributed by atoms with Gasteiger partial charge in [0.2, 0.25) is 29.4 Å². The van der Waals surface area contributed by atoms with Gasteiger partial charge in [-0.25, -0.2) is 4.90 Å². The van der Waals surface area contributed by atoms with Crippen molar-refractivity contribution in [1.29, 1.82) is 0 Å². The van der Waals surface area contributed by atoms with E-state index in [4.69, 9.17) is 21.1 Å². The fourth-order valence-corrected chi connectivity index (χ4v) is 10.1. The lowest BCUT2D eigenvalue weighted by Gasteiger charge is -2.49. The van der Waals surface area contributed by atoms with Crippen LogP contribution < -0.4 is 14.4 Å². The summed E-state index contributed by atoms with van der Waals surface area (Å²) in [7, 11) is 2.91. The standard InChI is InChI=1S/C42H41ClN2O7/c1-51-34-20-24(21-35(52-2)37(34)46)16-19-32-29-17-18-30-36(40(49)44(38(30)47)27-13-7-4-8-14-27)31(29)23-33-39(48)45(28-15-9-12-26(43)22-28)41(50)42(32,33)25-10-5-3-6-11-25/h3,5-6,9-12,15-17,19-22,27,30-33,36,46H,4,7-8,13-14,18,23H2,1-2H3. The molecule has 4 amide bonds. The van der Waals surface area contributed by atoms with E-state index >= 15 is 4.79 Å². The van der Waals surface area contributed by atoms with Gasteiger partial charge < -0.3 is 14.6 Å². The van der Waals surface area contributed by atoms with Crippen molar-refractivity contribution in [3.05, 3.63) is 101 Å². The van der Waals surface area contributed by atoms with Crippen molar-refractivity contribution in [2.75, 3.05) is 19.1 Å². The van der Waals surface area contributed by atoms with E-state index in [-0.39, 0.29) is 53.3 Å². The molecule has 1 N–H and O–H groups in total. The van der Waals surface area contributed by atoms with Gasteiger partial charge in [0.15, 0.2) is 11.5 Å². The predicted molar refractivity (Wildman–Crippen MR) is 196 cm³/mol. The second kappa shape index (κ2) is 13.3. The lowest BCUT2D eigenvalue weighted by atomic mass is 9.50. The lowest BCUT2D eigenvalue weighted by Crippen LogP contribution is -2.54. The quantitative estimate of drug-likeness (QED) is 0.205. The summed E-state index contributed by atoms with van der Waals surface area (Å²) in [5.74, 6) is -3.75. The van der Waals surface area contributed by atoms with Gasteiger partial charge in [-0.3, -0.25) is 24.1 Å². The van der Waals surface area contributed by atoms with Crippen molar-refractivity contribution in [1.82, 2.24) is 4.90 Å². The second-order valence-corrected chi connectivity index (χ2v) is 15.0. The van der Waals surface area contributed by atoms with E-state index in [1.807, 2.05) is 42.5 Å². The summed E-state index contributed by atoms with van der Waals surface area (Å²) in [5, 5.41) is 11.0. The molecule has 4 fully saturated rings. The minimum absolute atomic E-state index is 0.0991. The van der Waals surface area contributed by atoms with E-state index in [1.165, 1.54) is 19.1 Å². The van der Waals surface area contributed by atoms with E-state index in [0.717, 1.165) is 37.7 Å². The fraction of sp³-hybridized carbons (Fsp3) is 0.381. The monoisotopic (exact) mass is 720 g/mol. The number of aromatic hydroxyl groups is 1. The average Bonchev–Trinajstić information content (AvgIpc) is 3.56. The third-order valence-corrected chi connectivity index (χ3v) is 12.4. The molecule has 8 rings (SSSR count). The van der Waals surface area contributed by atoms with Gasteiger partial charge in [-0.05, 0) is 73.1 Å². The molecule has 268 valence electrons. The average molecular weight is 721 g/mol. The molecule has 52 heavy (non-hydrogen) atoms. The number of likely N-dealkylation sites (tertiary alicyclic amines) is 1. The van der Waals surface area contributed by atoms with Gasteiger partial charge in [-0.15, -0.1) is 0 Å². The summed E-state index contributed by atoms with van der Waals surface area (Å²) in [6.45, 7) is 0. The van der Waals surface area contributed by atoms with Gasteiger partial charge in [0, 0.05) is 17.0 Å². The Bertz CT molecular complexity index is 2000. The molecule has 0 spiro atoms. The number of nitrogens with zero attached hydrogens (tertiary/aromatic N) is 2. The normalized spacial score (nSPS) is 28.9. The third-order valence-electron chi connectivity index (χ3n) is 12.2. The van der Waals surface area contributed by atoms with E-state index in [1.54, 1.807) is 41.3 Å². The number of anilines is 1. The van der Waals surface area contributed by atoms with E-state index < -0.39 is 35.0 Å². The molecular formula is C42H41ClN2O7. The van der Waals surface area contributed by atoms with Crippen molar-refractivity contribution in [3.8, 4) is 17.2 Å². The van der Waals surface area contributed by atoms with E-state index in [2.05, 4.69) is 6.08 Å². The van der Waals surface area contributed by atoms with Crippen molar-refractivity contribution in [3.63, 3.8) is 0 Å². The smallest absolute Gasteiger partial charge is 0.246 e. The summed E-state index contributed by atoms with van der Waals surface area (Å²) in [6, 6.07) is 19.4. The molecular weight excluding hydrogens is 680 g/mol. The van der Waals surface area contributed by atoms with Crippen LogP contribution in [0.2, 0.25) is 5.02 Å². The SMILES string of the molecule is COc1cc(C=CC2C3=CCC4C(=O)N(C5CCCCC5)C(=O)C4C3CC3C(=O)N(c4cccc(Cl)c4)C(=O)C23c2ccccc2)cc(OC)c1O. The van der Waals surface area contributed by atoms with Gasteiger partial charge in [0.25, 0.3) is 0 Å². The minimum Gasteiger partial charge on any atom is -0.502 e. The summed E-state index contributed by atoms with van der Waals surface area (Å²) in [5.41, 5.74) is 1.23. The number of hydrogen-bond acceptors (Lipinski definition) is 7. The maximum Gasteiger partial charge on any atom is 0.246 e. The number of rotatable bonds is 7. The highest BCUT2D eigenvalue weighted by Crippen LogP contribution is 2.62. The van der Waals surface area contributed by atoms with Crippen molar-refractivity contribution < 1.29 is 33.8 Å². The Morgan fingerprint density at radius 2 is 1.56 bits per heavy atom. The third kappa shape index (κ3) is 5.11. The van der Waals surface area contributed by atoms with Crippen molar-refractivity contribution in [2.45, 2.75) is 56.4 Å². The molecule has 3 aliphatic carbocycles. The minimum atomic E-state index is -1.37. The van der Waals surface area contributed by atoms with Crippen LogP contribution in [0.15, 0.2) is 84.5 Å². The van der Waals surface area contributed by atoms with Gasteiger partial charge in [0.1, 0.15) is 0 Å². The summed E-state index contributed by atoms with van der Waals surface area (Å²) < 4.78 is 10.9. The first kappa shape index (κ1) is 34.2. The summed E-state index contributed by atoms with van der Waals surface area (Å²) in [6.07, 6.45) is 11.2. The number of fused-ring (bicyclic) bond motifs is 4. The number of hydrogen-bond donors (Lipinski definition) is 1. The van der Waals surface area contributed by atoms with Crippen LogP contribution in [-0.4, -0.2) is 53.9 Å². The molecule has 0 bridgehead atoms. The molecule has 3 aromatic rings. The van der Waals surface area contributed by atoms with Gasteiger partial charge >= 0.3 is 0 Å². The Balaban J connectivity index is 1.31. The number of halogens is 1. The molecule has 0 aromatic heterocycles. The van der Waals surface area contributed by atoms with Crippen LogP contribution in [-0.2, 0) is 24.6 Å². The fourth-order valence-electron chi connectivity index (χ4n) is 9.93. The molecule has 6 atom stereocenters. The lowest BCUT2D eigenvalue weighted by molar-refractivity contribution is -0.144. The molecule has 2 saturated carbocycles. The first-order valence-electron chi connectivity index (χ1n) is 18.1. The first-order valence-corrected chi connectivity index (χ1v) is 18.5. The number of benzene rings is 3. The molecule has 2 aliphatic heterocycles. The van der Waals surface area contributed by atoms with Crippen LogP contribution in [0, 0.1) is 29.6 Å². The van der Waals surface area contributed by atoms with Gasteiger partial charge in [-0.2, -0.15) is 0 Å². The Kier molecular flexibility index (Phi) is 8.73. The molecule has 6 unspecified atom stereocenters. The van der Waals surface area contributed by atoms with Gasteiger partial charge in [-0.1, -0.05) is 91.1 Å². The first-order chi connectivity index (χ1) is 25.2. The number of imide groups is 2. The molecule has 0 radical (unpaired) electrons. The highest BCUT2D eigenvalue weighted by Gasteiger charge is 2.69. The number of ether oxygens (including phenoxy) is 2. The number of phenolic OH excluding ortho intramolecular Hbond substituents is 1. The number of phenols is 1. The maximum atomic E-state index is 15.3. The van der Waals surface area contributed by atoms with Gasteiger partial charge in [0.05, 0.1) is 43.1 Å². The Morgan fingerprint density at radius 3 is 2.23 bits per heavy atom. The topological polar surface area (TPSA) is 113 Å². The number of carbonyl (C=O) groups excluding carboxylic acids is 4. The van der Waals surface area contributed by atoms with Crippen LogP contribution in [0.25, 0.3) is 6.08 Å². The van der Waals surface area contributed by atoms with Crippen LogP contribution in [0.3, 0.4) is 0 Å². The Labute approximate surface area is 307 Å². The largest absolute Gasteiger partial charge is 0.502 e. The van der Waals surface area contributed by atoms with E-state index in [9.17, 15) is 19.5 Å². The molecule has 3 aromatic carbocycles. The number of amides is 4. The van der Waals surface area contributed by atoms with Crippen LogP contribution in [0.4, 0.5) is 5.69 Å². The highest BCUT2D eigenvalue weighted by atomic mass is 35.5. The van der Waals surface area contributed by atoms with E-state index in [0.29, 0.717) is 28.3 Å². The predicted octanol–water partition coefficient (Wildman–Crippen LogP) is 7.10. The molecule has 5 aliphatic rings. The van der Waals surface area contributed by atoms with Crippen LogP contribution in [0.1, 0.15) is 56.1 Å². The van der Waals surface area contributed by atoms with Crippen LogP contribution in [0.5, 0.6) is 17.2 Å². The zero-order valence-corrected chi connectivity index (χ0v) is 29.9. The second-order valence-electron chi connectivity index (χ2n) is 14.6. The molecule has 2 saturated heterocycles. The Hall–Kier alpha value is -4.89. The maximum absolute atomic E-state index is 15.3. The number of carbonyl (C=O) groups is 4.